The maximum Gasteiger partial charge on any atom is 0.175 e. The monoisotopic (exact) mass is 406 g/mol. The summed E-state index contributed by atoms with van der Waals surface area (Å²) in [6, 6.07) is 10.0. The lowest BCUT2D eigenvalue weighted by Crippen LogP contribution is -2.21. The molecule has 3 rings (SSSR count). The summed E-state index contributed by atoms with van der Waals surface area (Å²) in [5.74, 6) is -0.515. The van der Waals surface area contributed by atoms with Crippen LogP contribution in [0.1, 0.15) is 6.42 Å². The molecule has 1 heterocycles. The van der Waals surface area contributed by atoms with E-state index >= 15 is 0 Å². The van der Waals surface area contributed by atoms with Crippen LogP contribution in [-0.2, 0) is 9.84 Å². The number of fused-ring (bicyclic) bond motifs is 1. The molecule has 148 valence electrons. The average molecular weight is 406 g/mol. The molecule has 0 bridgehead atoms. The van der Waals surface area contributed by atoms with Gasteiger partial charge in [0.15, 0.2) is 9.84 Å². The Labute approximate surface area is 162 Å². The third-order valence-electron chi connectivity index (χ3n) is 4.34. The third kappa shape index (κ3) is 4.39. The molecule has 0 aliphatic heterocycles. The Balaban J connectivity index is 1.62. The molecule has 3 aromatic rings. The SMILES string of the molecule is CN(CCCOc1ccc(S(C)(=O)=O)cc1)c1ccnc2c(F)ccc(F)c12. The van der Waals surface area contributed by atoms with Gasteiger partial charge in [0.2, 0.25) is 0 Å². The summed E-state index contributed by atoms with van der Waals surface area (Å²) >= 11 is 0. The molecular weight excluding hydrogens is 386 g/mol. The summed E-state index contributed by atoms with van der Waals surface area (Å²) in [4.78, 5) is 5.99. The van der Waals surface area contributed by atoms with Gasteiger partial charge < -0.3 is 9.64 Å². The van der Waals surface area contributed by atoms with E-state index in [0.717, 1.165) is 18.4 Å². The third-order valence-corrected chi connectivity index (χ3v) is 5.47. The number of nitrogens with zero attached hydrogens (tertiary/aromatic N) is 2. The number of halogens is 2. The summed E-state index contributed by atoms with van der Waals surface area (Å²) < 4.78 is 56.6. The highest BCUT2D eigenvalue weighted by Crippen LogP contribution is 2.28. The summed E-state index contributed by atoms with van der Waals surface area (Å²) in [7, 11) is -1.44. The van der Waals surface area contributed by atoms with Crippen LogP contribution >= 0.6 is 0 Å². The van der Waals surface area contributed by atoms with Crippen molar-refractivity contribution in [1.82, 2.24) is 4.98 Å². The van der Waals surface area contributed by atoms with Gasteiger partial charge in [-0.2, -0.15) is 0 Å². The van der Waals surface area contributed by atoms with Gasteiger partial charge in [0.25, 0.3) is 0 Å². The van der Waals surface area contributed by atoms with Crippen LogP contribution in [0.3, 0.4) is 0 Å². The molecule has 0 unspecified atom stereocenters. The summed E-state index contributed by atoms with van der Waals surface area (Å²) in [6.45, 7) is 0.943. The van der Waals surface area contributed by atoms with Gasteiger partial charge in [0.05, 0.1) is 22.6 Å². The Morgan fingerprint density at radius 3 is 2.39 bits per heavy atom. The van der Waals surface area contributed by atoms with Crippen LogP contribution in [0, 0.1) is 11.6 Å². The van der Waals surface area contributed by atoms with Crippen LogP contribution < -0.4 is 9.64 Å². The zero-order chi connectivity index (χ0) is 20.3. The molecule has 0 spiro atoms. The van der Waals surface area contributed by atoms with Crippen LogP contribution in [0.5, 0.6) is 5.75 Å². The molecule has 0 aliphatic carbocycles. The largest absolute Gasteiger partial charge is 0.494 e. The highest BCUT2D eigenvalue weighted by Gasteiger charge is 2.14. The molecule has 0 saturated heterocycles. The molecule has 8 heteroatoms. The van der Waals surface area contributed by atoms with Gasteiger partial charge in [0, 0.05) is 26.0 Å². The van der Waals surface area contributed by atoms with Crippen molar-refractivity contribution in [2.75, 3.05) is 31.4 Å². The summed E-state index contributed by atoms with van der Waals surface area (Å²) in [5, 5.41) is 0.155. The predicted molar refractivity (Wildman–Crippen MR) is 105 cm³/mol. The molecule has 5 nitrogen and oxygen atoms in total. The van der Waals surface area contributed by atoms with Gasteiger partial charge in [-0.3, -0.25) is 4.98 Å². The first kappa shape index (κ1) is 20.0. The predicted octanol–water partition coefficient (Wildman–Crippen LogP) is 3.82. The van der Waals surface area contributed by atoms with Gasteiger partial charge in [-0.25, -0.2) is 17.2 Å². The molecule has 0 radical (unpaired) electrons. The molecule has 0 fully saturated rings. The highest BCUT2D eigenvalue weighted by molar-refractivity contribution is 7.90. The zero-order valence-electron chi connectivity index (χ0n) is 15.5. The number of aromatic nitrogens is 1. The van der Waals surface area contributed by atoms with Crippen molar-refractivity contribution in [3.8, 4) is 5.75 Å². The zero-order valence-corrected chi connectivity index (χ0v) is 16.3. The first-order valence-corrected chi connectivity index (χ1v) is 10.5. The molecule has 0 amide bonds. The van der Waals surface area contributed by atoms with E-state index in [4.69, 9.17) is 4.74 Å². The number of hydrogen-bond donors (Lipinski definition) is 0. The fourth-order valence-electron chi connectivity index (χ4n) is 2.89. The maximum atomic E-state index is 14.2. The number of rotatable bonds is 7. The van der Waals surface area contributed by atoms with Crippen LogP contribution in [0.2, 0.25) is 0 Å². The van der Waals surface area contributed by atoms with Crippen LogP contribution in [0.4, 0.5) is 14.5 Å². The van der Waals surface area contributed by atoms with E-state index < -0.39 is 21.5 Å². The topological polar surface area (TPSA) is 59.5 Å². The first-order valence-electron chi connectivity index (χ1n) is 8.64. The fraction of sp³-hybridized carbons (Fsp3) is 0.250. The average Bonchev–Trinajstić information content (AvgIpc) is 2.67. The maximum absolute atomic E-state index is 14.2. The summed E-state index contributed by atoms with van der Waals surface area (Å²) in [5.41, 5.74) is 0.561. The number of hydrogen-bond acceptors (Lipinski definition) is 5. The fourth-order valence-corrected chi connectivity index (χ4v) is 3.52. The van der Waals surface area contributed by atoms with Gasteiger partial charge >= 0.3 is 0 Å². The minimum absolute atomic E-state index is 0.00608. The lowest BCUT2D eigenvalue weighted by Gasteiger charge is -2.21. The number of pyridine rings is 1. The number of anilines is 1. The van der Waals surface area contributed by atoms with Gasteiger partial charge in [0.1, 0.15) is 22.9 Å². The minimum atomic E-state index is -3.24. The van der Waals surface area contributed by atoms with E-state index in [-0.39, 0.29) is 15.8 Å². The lowest BCUT2D eigenvalue weighted by molar-refractivity contribution is 0.312. The van der Waals surface area contributed by atoms with Crippen molar-refractivity contribution in [1.29, 1.82) is 0 Å². The molecule has 0 aliphatic rings. The van der Waals surface area contributed by atoms with E-state index in [1.165, 1.54) is 18.3 Å². The molecule has 2 aromatic carbocycles. The quantitative estimate of drug-likeness (QED) is 0.558. The van der Waals surface area contributed by atoms with Crippen LogP contribution in [0.15, 0.2) is 53.6 Å². The Hall–Kier alpha value is -2.74. The summed E-state index contributed by atoms with van der Waals surface area (Å²) in [6.07, 6.45) is 3.23. The second kappa shape index (κ2) is 8.10. The van der Waals surface area contributed by atoms with Crippen molar-refractivity contribution in [3.63, 3.8) is 0 Å². The van der Waals surface area contributed by atoms with Crippen molar-refractivity contribution < 1.29 is 21.9 Å². The van der Waals surface area contributed by atoms with E-state index in [2.05, 4.69) is 4.98 Å². The van der Waals surface area contributed by atoms with E-state index in [1.807, 2.05) is 4.90 Å². The van der Waals surface area contributed by atoms with Crippen molar-refractivity contribution >= 4 is 26.4 Å². The van der Waals surface area contributed by atoms with E-state index in [0.29, 0.717) is 31.0 Å². The lowest BCUT2D eigenvalue weighted by atomic mass is 10.1. The number of sulfone groups is 1. The molecule has 0 saturated carbocycles. The standard InChI is InChI=1S/C20H20F2N2O3S/c1-24(18-10-11-23-20-17(22)9-8-16(21)19(18)20)12-3-13-27-14-4-6-15(7-5-14)28(2,25)26/h4-11H,3,12-13H2,1-2H3. The normalized spacial score (nSPS) is 11.6. The Bertz CT molecular complexity index is 1090. The highest BCUT2D eigenvalue weighted by atomic mass is 32.2. The molecular formula is C20H20F2N2O3S. The second-order valence-corrected chi connectivity index (χ2v) is 8.47. The molecule has 0 N–H and O–H groups in total. The Morgan fingerprint density at radius 2 is 1.71 bits per heavy atom. The van der Waals surface area contributed by atoms with Crippen LogP contribution in [-0.4, -0.2) is 39.9 Å². The first-order chi connectivity index (χ1) is 13.3. The Kier molecular flexibility index (Phi) is 5.79. The van der Waals surface area contributed by atoms with Crippen molar-refractivity contribution in [2.24, 2.45) is 0 Å². The van der Waals surface area contributed by atoms with Gasteiger partial charge in [-0.15, -0.1) is 0 Å². The number of ether oxygens (including phenoxy) is 1. The Morgan fingerprint density at radius 1 is 1.04 bits per heavy atom. The molecule has 28 heavy (non-hydrogen) atoms. The van der Waals surface area contributed by atoms with Gasteiger partial charge in [-0.1, -0.05) is 0 Å². The second-order valence-electron chi connectivity index (χ2n) is 6.45. The van der Waals surface area contributed by atoms with Crippen molar-refractivity contribution in [3.05, 3.63) is 60.3 Å². The van der Waals surface area contributed by atoms with Gasteiger partial charge in [-0.05, 0) is 48.9 Å². The smallest absolute Gasteiger partial charge is 0.175 e. The molecule has 0 atom stereocenters. The van der Waals surface area contributed by atoms with Crippen LogP contribution in [0.25, 0.3) is 10.9 Å². The minimum Gasteiger partial charge on any atom is -0.494 e. The number of benzene rings is 2. The van der Waals surface area contributed by atoms with E-state index in [9.17, 15) is 17.2 Å². The van der Waals surface area contributed by atoms with Crippen molar-refractivity contribution in [2.45, 2.75) is 11.3 Å². The molecule has 1 aromatic heterocycles. The van der Waals surface area contributed by atoms with E-state index in [1.54, 1.807) is 25.2 Å².